The van der Waals surface area contributed by atoms with E-state index < -0.39 is 0 Å². The van der Waals surface area contributed by atoms with Gasteiger partial charge in [-0.05, 0) is 82.1 Å². The van der Waals surface area contributed by atoms with Crippen LogP contribution in [0.2, 0.25) is 0 Å². The summed E-state index contributed by atoms with van der Waals surface area (Å²) in [5.41, 5.74) is 3.50. The van der Waals surface area contributed by atoms with Crippen molar-refractivity contribution in [2.75, 3.05) is 26.7 Å². The SMILES string of the molecule is CC(C)n1c(=O)c(C(=O)NC2C[C@@H]3CC[C@@H](C2)N3CCN(C)CCc2c[nH]c3ccccc23)cc2ccccc21. The van der Waals surface area contributed by atoms with Gasteiger partial charge in [-0.1, -0.05) is 36.4 Å². The van der Waals surface area contributed by atoms with Crippen molar-refractivity contribution >= 4 is 27.7 Å². The van der Waals surface area contributed by atoms with E-state index in [1.54, 1.807) is 10.6 Å². The van der Waals surface area contributed by atoms with Crippen LogP contribution in [0.3, 0.4) is 0 Å². The van der Waals surface area contributed by atoms with Crippen molar-refractivity contribution in [3.05, 3.63) is 82.3 Å². The fraction of sp³-hybridized carbons (Fsp3) is 0.455. The summed E-state index contributed by atoms with van der Waals surface area (Å²) in [4.78, 5) is 35.2. The van der Waals surface area contributed by atoms with E-state index in [4.69, 9.17) is 0 Å². The maximum atomic E-state index is 13.4. The number of amides is 1. The number of nitrogens with one attached hydrogen (secondary N) is 2. The number of piperidine rings is 1. The lowest BCUT2D eigenvalue weighted by molar-refractivity contribution is 0.0820. The van der Waals surface area contributed by atoms with Gasteiger partial charge in [0.15, 0.2) is 0 Å². The van der Waals surface area contributed by atoms with Crippen molar-refractivity contribution < 1.29 is 4.79 Å². The Hall–Kier alpha value is -3.42. The minimum Gasteiger partial charge on any atom is -0.361 e. The van der Waals surface area contributed by atoms with Crippen LogP contribution in [-0.2, 0) is 6.42 Å². The number of nitrogens with zero attached hydrogens (tertiary/aromatic N) is 3. The van der Waals surface area contributed by atoms with Gasteiger partial charge in [0.05, 0.1) is 5.52 Å². The van der Waals surface area contributed by atoms with E-state index in [9.17, 15) is 9.59 Å². The number of fused-ring (bicyclic) bond motifs is 4. The quantitative estimate of drug-likeness (QED) is 0.315. The number of aromatic nitrogens is 2. The molecule has 2 aromatic carbocycles. The summed E-state index contributed by atoms with van der Waals surface area (Å²) in [6, 6.07) is 19.2. The van der Waals surface area contributed by atoms with E-state index in [-0.39, 0.29) is 29.1 Å². The lowest BCUT2D eigenvalue weighted by Gasteiger charge is -2.39. The summed E-state index contributed by atoms with van der Waals surface area (Å²) in [5.74, 6) is -0.236. The molecule has 4 aromatic rings. The smallest absolute Gasteiger partial charge is 0.264 e. The van der Waals surface area contributed by atoms with E-state index in [0.717, 1.165) is 49.8 Å². The van der Waals surface area contributed by atoms with Gasteiger partial charge in [0.1, 0.15) is 5.56 Å². The van der Waals surface area contributed by atoms with Gasteiger partial charge < -0.3 is 19.8 Å². The predicted molar refractivity (Wildman–Crippen MR) is 162 cm³/mol. The van der Waals surface area contributed by atoms with E-state index in [2.05, 4.69) is 57.6 Å². The molecule has 0 unspecified atom stereocenters. The average Bonchev–Trinajstić information content (AvgIpc) is 3.46. The molecular formula is C33H41N5O2. The van der Waals surface area contributed by atoms with Gasteiger partial charge in [0.25, 0.3) is 11.5 Å². The maximum Gasteiger partial charge on any atom is 0.264 e. The molecule has 2 atom stereocenters. The van der Waals surface area contributed by atoms with E-state index in [1.807, 2.05) is 38.1 Å². The van der Waals surface area contributed by atoms with Gasteiger partial charge in [-0.15, -0.1) is 0 Å². The normalized spacial score (nSPS) is 21.2. The number of aromatic amines is 1. The van der Waals surface area contributed by atoms with Crippen LogP contribution in [-0.4, -0.2) is 70.1 Å². The Bertz CT molecular complexity index is 1560. The van der Waals surface area contributed by atoms with Crippen molar-refractivity contribution in [3.8, 4) is 0 Å². The number of benzene rings is 2. The molecule has 7 nitrogen and oxygen atoms in total. The minimum absolute atomic E-state index is 0.0234. The number of likely N-dealkylation sites (N-methyl/N-ethyl adjacent to an activating group) is 1. The standard InChI is InChI=1S/C33H41N5O2/c1-22(2)38-31-11-7-4-8-23(31)18-29(33(38)40)32(39)35-25-19-26-12-13-27(20-25)37(26)17-16-36(3)15-14-24-21-34-30-10-6-5-9-28(24)30/h4-11,18,21-22,25-27,34H,12-17,19-20H2,1-3H3,(H,35,39)/t26-,27-/m0/s1. The van der Waals surface area contributed by atoms with Crippen molar-refractivity contribution in [1.29, 1.82) is 0 Å². The number of pyridine rings is 1. The van der Waals surface area contributed by atoms with Crippen LogP contribution in [0.25, 0.3) is 21.8 Å². The second-order valence-electron chi connectivity index (χ2n) is 12.1. The second kappa shape index (κ2) is 11.2. The lowest BCUT2D eigenvalue weighted by Crippen LogP contribution is -2.52. The minimum atomic E-state index is -0.236. The summed E-state index contributed by atoms with van der Waals surface area (Å²) in [7, 11) is 2.22. The molecule has 2 aromatic heterocycles. The average molecular weight is 540 g/mol. The molecule has 2 saturated heterocycles. The Kier molecular flexibility index (Phi) is 7.51. The zero-order chi connectivity index (χ0) is 27.8. The Labute approximate surface area is 236 Å². The van der Waals surface area contributed by atoms with Crippen LogP contribution in [0, 0.1) is 0 Å². The molecule has 4 heterocycles. The fourth-order valence-electron chi connectivity index (χ4n) is 7.03. The zero-order valence-electron chi connectivity index (χ0n) is 23.9. The van der Waals surface area contributed by atoms with Gasteiger partial charge in [0, 0.05) is 60.9 Å². The molecule has 40 heavy (non-hydrogen) atoms. The van der Waals surface area contributed by atoms with Crippen molar-refractivity contribution in [2.24, 2.45) is 0 Å². The van der Waals surface area contributed by atoms with Gasteiger partial charge >= 0.3 is 0 Å². The first-order chi connectivity index (χ1) is 19.4. The Morgan fingerprint density at radius 3 is 2.55 bits per heavy atom. The number of H-pyrrole nitrogens is 1. The highest BCUT2D eigenvalue weighted by atomic mass is 16.2. The number of hydrogen-bond donors (Lipinski definition) is 2. The molecule has 0 aliphatic carbocycles. The monoisotopic (exact) mass is 539 g/mol. The Balaban J connectivity index is 1.05. The number of para-hydroxylation sites is 2. The lowest BCUT2D eigenvalue weighted by atomic mass is 9.96. The number of carbonyl (C=O) groups is 1. The summed E-state index contributed by atoms with van der Waals surface area (Å²) in [5, 5.41) is 5.50. The highest BCUT2D eigenvalue weighted by molar-refractivity contribution is 5.97. The summed E-state index contributed by atoms with van der Waals surface area (Å²) in [6.45, 7) is 7.11. The fourth-order valence-corrected chi connectivity index (χ4v) is 7.03. The molecule has 2 bridgehead atoms. The van der Waals surface area contributed by atoms with Crippen molar-refractivity contribution in [3.63, 3.8) is 0 Å². The predicted octanol–water partition coefficient (Wildman–Crippen LogP) is 4.96. The second-order valence-corrected chi connectivity index (χ2v) is 12.1. The molecule has 0 saturated carbocycles. The number of rotatable bonds is 9. The van der Waals surface area contributed by atoms with Crippen LogP contribution in [0.1, 0.15) is 61.5 Å². The Morgan fingerprint density at radius 2 is 1.77 bits per heavy atom. The third-order valence-corrected chi connectivity index (χ3v) is 9.10. The maximum absolute atomic E-state index is 13.4. The van der Waals surface area contributed by atoms with E-state index >= 15 is 0 Å². The molecular weight excluding hydrogens is 498 g/mol. The summed E-state index contributed by atoms with van der Waals surface area (Å²) >= 11 is 0. The van der Waals surface area contributed by atoms with Crippen LogP contribution in [0.15, 0.2) is 65.6 Å². The molecule has 0 spiro atoms. The third-order valence-electron chi connectivity index (χ3n) is 9.10. The van der Waals surface area contributed by atoms with E-state index in [1.165, 1.54) is 29.3 Å². The number of hydrogen-bond acceptors (Lipinski definition) is 4. The molecule has 1 amide bonds. The van der Waals surface area contributed by atoms with Crippen LogP contribution < -0.4 is 10.9 Å². The largest absolute Gasteiger partial charge is 0.361 e. The molecule has 2 fully saturated rings. The summed E-state index contributed by atoms with van der Waals surface area (Å²) < 4.78 is 1.74. The first-order valence-electron chi connectivity index (χ1n) is 14.8. The van der Waals surface area contributed by atoms with Gasteiger partial charge in [0.2, 0.25) is 0 Å². The van der Waals surface area contributed by atoms with Gasteiger partial charge in [-0.25, -0.2) is 0 Å². The van der Waals surface area contributed by atoms with Crippen molar-refractivity contribution in [1.82, 2.24) is 24.7 Å². The van der Waals surface area contributed by atoms with Crippen LogP contribution in [0.5, 0.6) is 0 Å². The topological polar surface area (TPSA) is 73.4 Å². The van der Waals surface area contributed by atoms with Gasteiger partial charge in [-0.3, -0.25) is 14.5 Å². The number of carbonyl (C=O) groups excluding carboxylic acids is 1. The van der Waals surface area contributed by atoms with E-state index in [0.29, 0.717) is 12.1 Å². The summed E-state index contributed by atoms with van der Waals surface area (Å²) in [6.07, 6.45) is 7.46. The molecule has 2 aliphatic rings. The molecule has 2 N–H and O–H groups in total. The molecule has 7 heteroatoms. The third kappa shape index (κ3) is 5.20. The Morgan fingerprint density at radius 1 is 1.05 bits per heavy atom. The zero-order valence-corrected chi connectivity index (χ0v) is 23.9. The van der Waals surface area contributed by atoms with Gasteiger partial charge in [-0.2, -0.15) is 0 Å². The van der Waals surface area contributed by atoms with Crippen LogP contribution >= 0.6 is 0 Å². The molecule has 0 radical (unpaired) electrons. The highest BCUT2D eigenvalue weighted by Crippen LogP contribution is 2.35. The first-order valence-corrected chi connectivity index (χ1v) is 14.8. The molecule has 2 aliphatic heterocycles. The van der Waals surface area contributed by atoms with Crippen molar-refractivity contribution in [2.45, 2.75) is 70.1 Å². The first kappa shape index (κ1) is 26.8. The molecule has 6 rings (SSSR count). The molecule has 210 valence electrons. The van der Waals surface area contributed by atoms with Crippen LogP contribution in [0.4, 0.5) is 0 Å². The highest BCUT2D eigenvalue weighted by Gasteiger charge is 2.41.